The van der Waals surface area contributed by atoms with Crippen LogP contribution in [0.25, 0.3) is 0 Å². The van der Waals surface area contributed by atoms with Crippen LogP contribution in [-0.2, 0) is 4.79 Å². The predicted octanol–water partition coefficient (Wildman–Crippen LogP) is 0.0611. The quantitative estimate of drug-likeness (QED) is 0.608. The second-order valence-corrected chi connectivity index (χ2v) is 5.78. The Hall–Kier alpha value is -0.650. The van der Waals surface area contributed by atoms with Crippen molar-refractivity contribution in [2.75, 3.05) is 0 Å². The first-order valence-electron chi connectivity index (χ1n) is 5.05. The van der Waals surface area contributed by atoms with Gasteiger partial charge in [0.15, 0.2) is 0 Å². The van der Waals surface area contributed by atoms with Crippen LogP contribution >= 0.6 is 0 Å². The largest absolute Gasteiger partial charge is 0.480 e. The number of rotatable bonds is 1. The van der Waals surface area contributed by atoms with Crippen molar-refractivity contribution in [2.24, 2.45) is 5.73 Å². The second kappa shape index (κ2) is 3.17. The van der Waals surface area contributed by atoms with Crippen LogP contribution in [0.5, 0.6) is 0 Å². The Morgan fingerprint density at radius 1 is 1.27 bits per heavy atom. The summed E-state index contributed by atoms with van der Waals surface area (Å²) >= 11 is 0. The average molecular weight is 217 g/mol. The summed E-state index contributed by atoms with van der Waals surface area (Å²) in [7, 11) is 0. The summed E-state index contributed by atoms with van der Waals surface area (Å²) in [5, 5.41) is 18.6. The monoisotopic (exact) mass is 217 g/mol. The molecular weight excluding hydrogens is 196 g/mol. The Labute approximate surface area is 89.8 Å². The highest BCUT2D eigenvalue weighted by atomic mass is 16.5. The van der Waals surface area contributed by atoms with E-state index in [-0.39, 0.29) is 0 Å². The highest BCUT2D eigenvalue weighted by Gasteiger charge is 2.56. The van der Waals surface area contributed by atoms with Crippen molar-refractivity contribution in [3.63, 3.8) is 0 Å². The molecule has 0 aliphatic carbocycles. The lowest BCUT2D eigenvalue weighted by molar-refractivity contribution is -0.253. The van der Waals surface area contributed by atoms with E-state index < -0.39 is 22.6 Å². The SMILES string of the molecule is CC1(C)CC(N)(C(=O)O)CC(C)(C)N1[OH2+]. The molecule has 88 valence electrons. The molecule has 0 amide bonds. The molecule has 15 heavy (non-hydrogen) atoms. The number of nitrogens with zero attached hydrogens (tertiary/aromatic N) is 1. The number of hydrogen-bond acceptors (Lipinski definition) is 3. The summed E-state index contributed by atoms with van der Waals surface area (Å²) in [6.07, 6.45) is 0.588. The van der Waals surface area contributed by atoms with Gasteiger partial charge in [-0.1, -0.05) is 5.06 Å². The first kappa shape index (κ1) is 12.4. The van der Waals surface area contributed by atoms with E-state index in [0.29, 0.717) is 12.8 Å². The molecule has 5 heteroatoms. The molecule has 0 bridgehead atoms. The van der Waals surface area contributed by atoms with Crippen molar-refractivity contribution in [3.8, 4) is 0 Å². The van der Waals surface area contributed by atoms with Gasteiger partial charge in [-0.25, -0.2) is 0 Å². The number of nitrogens with two attached hydrogens (primary N) is 1. The molecule has 1 fully saturated rings. The maximum absolute atomic E-state index is 11.2. The fourth-order valence-corrected chi connectivity index (χ4v) is 2.74. The van der Waals surface area contributed by atoms with Gasteiger partial charge in [0.25, 0.3) is 0 Å². The number of carboxylic acid groups (broad SMARTS) is 1. The van der Waals surface area contributed by atoms with Gasteiger partial charge in [0.1, 0.15) is 5.54 Å². The van der Waals surface area contributed by atoms with Crippen LogP contribution in [-0.4, -0.2) is 38.0 Å². The van der Waals surface area contributed by atoms with E-state index in [4.69, 9.17) is 16.0 Å². The Balaban J connectivity index is 3.09. The van der Waals surface area contributed by atoms with Gasteiger partial charge in [0, 0.05) is 12.8 Å². The molecule has 5 nitrogen and oxygen atoms in total. The topological polar surface area (TPSA) is 89.5 Å². The van der Waals surface area contributed by atoms with Gasteiger partial charge in [-0.2, -0.15) is 0 Å². The standard InChI is InChI=1S/C10H20N2O3/c1-8(2)5-10(11,7(13)14)6-9(3,4)12(8)15/h15H,5-6,11H2,1-4H3,(H,13,14)/p+1. The van der Waals surface area contributed by atoms with E-state index in [1.165, 1.54) is 5.06 Å². The highest BCUT2D eigenvalue weighted by molar-refractivity contribution is 5.79. The van der Waals surface area contributed by atoms with Crippen LogP contribution in [0.15, 0.2) is 0 Å². The minimum atomic E-state index is -1.22. The van der Waals surface area contributed by atoms with E-state index in [1.54, 1.807) is 0 Å². The summed E-state index contributed by atoms with van der Waals surface area (Å²) in [5.74, 6) is -0.975. The second-order valence-electron chi connectivity index (χ2n) is 5.78. The molecule has 0 aromatic heterocycles. The lowest BCUT2D eigenvalue weighted by Crippen LogP contribution is -2.69. The van der Waals surface area contributed by atoms with Crippen LogP contribution in [0.1, 0.15) is 40.5 Å². The van der Waals surface area contributed by atoms with E-state index in [1.807, 2.05) is 27.7 Å². The Morgan fingerprint density at radius 2 is 1.60 bits per heavy atom. The number of carboxylic acids is 1. The molecule has 0 aromatic carbocycles. The molecule has 1 heterocycles. The molecule has 5 N–H and O–H groups in total. The highest BCUT2D eigenvalue weighted by Crippen LogP contribution is 2.41. The van der Waals surface area contributed by atoms with Crippen molar-refractivity contribution in [2.45, 2.75) is 57.2 Å². The normalized spacial score (nSPS) is 28.7. The maximum atomic E-state index is 11.2. The van der Waals surface area contributed by atoms with Crippen LogP contribution in [0.2, 0.25) is 0 Å². The first-order valence-corrected chi connectivity index (χ1v) is 5.05. The van der Waals surface area contributed by atoms with Crippen molar-refractivity contribution >= 4 is 5.97 Å². The number of hydrogen-bond donors (Lipinski definition) is 2. The number of carbonyl (C=O) groups is 1. The molecule has 0 atom stereocenters. The van der Waals surface area contributed by atoms with E-state index in [9.17, 15) is 4.79 Å². The molecule has 0 spiro atoms. The average Bonchev–Trinajstić information content (AvgIpc) is 1.98. The summed E-state index contributed by atoms with van der Waals surface area (Å²) < 4.78 is 0. The van der Waals surface area contributed by atoms with Gasteiger partial charge in [-0.15, -0.1) is 0 Å². The van der Waals surface area contributed by atoms with Crippen molar-refractivity contribution in [1.82, 2.24) is 5.06 Å². The lowest BCUT2D eigenvalue weighted by atomic mass is 9.71. The zero-order chi connectivity index (χ0) is 12.1. The maximum Gasteiger partial charge on any atom is 0.323 e. The molecule has 1 saturated heterocycles. The molecule has 0 aromatic rings. The lowest BCUT2D eigenvalue weighted by Gasteiger charge is -2.50. The van der Waals surface area contributed by atoms with Crippen LogP contribution < -0.4 is 5.73 Å². The predicted molar refractivity (Wildman–Crippen MR) is 57.4 cm³/mol. The third kappa shape index (κ3) is 2.00. The first-order chi connectivity index (χ1) is 6.51. The van der Waals surface area contributed by atoms with Gasteiger partial charge < -0.3 is 16.0 Å². The zero-order valence-electron chi connectivity index (χ0n) is 9.79. The van der Waals surface area contributed by atoms with Gasteiger partial charge in [-0.05, 0) is 27.7 Å². The van der Waals surface area contributed by atoms with Gasteiger partial charge in [0.2, 0.25) is 0 Å². The Morgan fingerprint density at radius 3 is 1.87 bits per heavy atom. The smallest absolute Gasteiger partial charge is 0.323 e. The van der Waals surface area contributed by atoms with Gasteiger partial charge >= 0.3 is 5.97 Å². The number of piperidine rings is 1. The van der Waals surface area contributed by atoms with E-state index >= 15 is 0 Å². The third-order valence-electron chi connectivity index (χ3n) is 3.13. The molecule has 0 unspecified atom stereocenters. The molecule has 1 aliphatic heterocycles. The number of aliphatic carboxylic acids is 1. The van der Waals surface area contributed by atoms with Crippen LogP contribution in [0.3, 0.4) is 0 Å². The summed E-state index contributed by atoms with van der Waals surface area (Å²) in [6.45, 7) is 7.41. The molecular formula is C10H21N2O3+. The van der Waals surface area contributed by atoms with E-state index in [0.717, 1.165) is 0 Å². The zero-order valence-corrected chi connectivity index (χ0v) is 9.79. The van der Waals surface area contributed by atoms with Crippen LogP contribution in [0, 0.1) is 0 Å². The van der Waals surface area contributed by atoms with Crippen molar-refractivity contribution < 1.29 is 15.1 Å². The minimum Gasteiger partial charge on any atom is -0.480 e. The molecule has 0 saturated carbocycles. The van der Waals surface area contributed by atoms with Gasteiger partial charge in [0.05, 0.1) is 11.1 Å². The summed E-state index contributed by atoms with van der Waals surface area (Å²) in [6, 6.07) is 0. The minimum absolute atomic E-state index is 0.294. The fraction of sp³-hybridized carbons (Fsp3) is 0.900. The molecule has 0 radical (unpaired) electrons. The van der Waals surface area contributed by atoms with Gasteiger partial charge in [-0.3, -0.25) is 4.79 Å². The van der Waals surface area contributed by atoms with Crippen LogP contribution in [0.4, 0.5) is 0 Å². The van der Waals surface area contributed by atoms with E-state index in [2.05, 4.69) is 0 Å². The fourth-order valence-electron chi connectivity index (χ4n) is 2.74. The number of hydroxylamine groups is 2. The Kier molecular flexibility index (Phi) is 2.62. The van der Waals surface area contributed by atoms with Crippen molar-refractivity contribution in [3.05, 3.63) is 0 Å². The van der Waals surface area contributed by atoms with Crippen molar-refractivity contribution in [1.29, 1.82) is 0 Å². The summed E-state index contributed by atoms with van der Waals surface area (Å²) in [4.78, 5) is 11.2. The third-order valence-corrected chi connectivity index (χ3v) is 3.13. The molecule has 1 rings (SSSR count). The Bertz CT molecular complexity index is 268. The summed E-state index contributed by atoms with van der Waals surface area (Å²) in [5.41, 5.74) is 3.65. The molecule has 1 aliphatic rings.